The molecular formula is C17H26N4. The van der Waals surface area contributed by atoms with Gasteiger partial charge in [-0.15, -0.1) is 5.10 Å². The monoisotopic (exact) mass is 286 g/mol. The van der Waals surface area contributed by atoms with Gasteiger partial charge in [-0.3, -0.25) is 0 Å². The summed E-state index contributed by atoms with van der Waals surface area (Å²) in [7, 11) is 0. The summed E-state index contributed by atoms with van der Waals surface area (Å²) in [5, 5.41) is 8.50. The molecule has 0 spiro atoms. The molecule has 1 heterocycles. The second kappa shape index (κ2) is 7.93. The van der Waals surface area contributed by atoms with Crippen LogP contribution in [0.2, 0.25) is 0 Å². The fraction of sp³-hybridized carbons (Fsp3) is 0.529. The molecule has 2 aromatic rings. The molecule has 0 amide bonds. The van der Waals surface area contributed by atoms with Crippen LogP contribution in [0.5, 0.6) is 0 Å². The summed E-state index contributed by atoms with van der Waals surface area (Å²) in [4.78, 5) is 0. The molecule has 0 bridgehead atoms. The van der Waals surface area contributed by atoms with E-state index in [9.17, 15) is 0 Å². The molecule has 1 aromatic carbocycles. The van der Waals surface area contributed by atoms with Crippen LogP contribution in [0.15, 0.2) is 24.3 Å². The fourth-order valence-corrected chi connectivity index (χ4v) is 2.51. The molecule has 0 fully saturated rings. The molecule has 1 aromatic heterocycles. The lowest BCUT2D eigenvalue weighted by atomic mass is 10.1. The van der Waals surface area contributed by atoms with Crippen molar-refractivity contribution in [2.24, 2.45) is 5.73 Å². The Bertz CT molecular complexity index is 542. The molecule has 4 nitrogen and oxygen atoms in total. The Morgan fingerprint density at radius 2 is 1.86 bits per heavy atom. The van der Waals surface area contributed by atoms with Crippen molar-refractivity contribution in [3.63, 3.8) is 0 Å². The van der Waals surface area contributed by atoms with Crippen LogP contribution in [0.25, 0.3) is 0 Å². The van der Waals surface area contributed by atoms with Crippen LogP contribution in [0, 0.1) is 6.92 Å². The maximum Gasteiger partial charge on any atom is 0.0994 e. The average Bonchev–Trinajstić information content (AvgIpc) is 2.89. The van der Waals surface area contributed by atoms with E-state index in [1.54, 1.807) is 0 Å². The van der Waals surface area contributed by atoms with Gasteiger partial charge in [0.15, 0.2) is 0 Å². The summed E-state index contributed by atoms with van der Waals surface area (Å²) in [6.45, 7) is 5.75. The van der Waals surface area contributed by atoms with Crippen LogP contribution in [0.3, 0.4) is 0 Å². The van der Waals surface area contributed by atoms with Gasteiger partial charge in [0.25, 0.3) is 0 Å². The van der Waals surface area contributed by atoms with Gasteiger partial charge in [-0.25, -0.2) is 4.68 Å². The first-order valence-electron chi connectivity index (χ1n) is 7.91. The molecular weight excluding hydrogens is 260 g/mol. The van der Waals surface area contributed by atoms with E-state index >= 15 is 0 Å². The number of aryl methyl sites for hydroxylation is 3. The number of unbranched alkanes of at least 4 members (excludes halogenated alkanes) is 2. The molecule has 0 unspecified atom stereocenters. The number of rotatable bonds is 8. The SMILES string of the molecule is CCCCCn1nnc(CN)c1CCc1ccc(C)cc1. The number of hydrogen-bond acceptors (Lipinski definition) is 3. The van der Waals surface area contributed by atoms with E-state index in [1.807, 2.05) is 4.68 Å². The summed E-state index contributed by atoms with van der Waals surface area (Å²) in [5.74, 6) is 0. The molecule has 114 valence electrons. The van der Waals surface area contributed by atoms with Crippen molar-refractivity contribution in [2.45, 2.75) is 59.0 Å². The molecule has 2 N–H and O–H groups in total. The van der Waals surface area contributed by atoms with Crippen LogP contribution >= 0.6 is 0 Å². The van der Waals surface area contributed by atoms with Gasteiger partial charge in [0.1, 0.15) is 0 Å². The van der Waals surface area contributed by atoms with Crippen molar-refractivity contribution in [3.05, 3.63) is 46.8 Å². The highest BCUT2D eigenvalue weighted by Crippen LogP contribution is 2.12. The van der Waals surface area contributed by atoms with Crippen molar-refractivity contribution in [1.82, 2.24) is 15.0 Å². The Morgan fingerprint density at radius 1 is 1.10 bits per heavy atom. The second-order valence-electron chi connectivity index (χ2n) is 5.60. The largest absolute Gasteiger partial charge is 0.325 e. The van der Waals surface area contributed by atoms with Crippen molar-refractivity contribution >= 4 is 0 Å². The number of aromatic nitrogens is 3. The Morgan fingerprint density at radius 3 is 2.52 bits per heavy atom. The first-order chi connectivity index (χ1) is 10.2. The summed E-state index contributed by atoms with van der Waals surface area (Å²) in [5.41, 5.74) is 10.6. The second-order valence-corrected chi connectivity index (χ2v) is 5.60. The maximum atomic E-state index is 5.79. The zero-order chi connectivity index (χ0) is 15.1. The summed E-state index contributed by atoms with van der Waals surface area (Å²) < 4.78 is 2.05. The molecule has 0 aliphatic rings. The van der Waals surface area contributed by atoms with Gasteiger partial charge in [0, 0.05) is 13.1 Å². The van der Waals surface area contributed by atoms with Gasteiger partial charge >= 0.3 is 0 Å². The highest BCUT2D eigenvalue weighted by molar-refractivity contribution is 5.22. The normalized spacial score (nSPS) is 11.0. The van der Waals surface area contributed by atoms with Crippen molar-refractivity contribution < 1.29 is 0 Å². The third kappa shape index (κ3) is 4.39. The third-order valence-corrected chi connectivity index (χ3v) is 3.86. The minimum Gasteiger partial charge on any atom is -0.325 e. The van der Waals surface area contributed by atoms with Gasteiger partial charge in [-0.1, -0.05) is 54.8 Å². The van der Waals surface area contributed by atoms with Crippen molar-refractivity contribution in [1.29, 1.82) is 0 Å². The van der Waals surface area contributed by atoms with E-state index in [0.29, 0.717) is 6.54 Å². The predicted octanol–water partition coefficient (Wildman–Crippen LogP) is 3.02. The first-order valence-corrected chi connectivity index (χ1v) is 7.91. The Hall–Kier alpha value is -1.68. The molecule has 0 saturated heterocycles. The maximum absolute atomic E-state index is 5.79. The van der Waals surface area contributed by atoms with Crippen LogP contribution in [0.1, 0.15) is 48.7 Å². The van der Waals surface area contributed by atoms with Gasteiger partial charge in [0.05, 0.1) is 11.4 Å². The van der Waals surface area contributed by atoms with Gasteiger partial charge in [-0.05, 0) is 31.7 Å². The van der Waals surface area contributed by atoms with E-state index in [-0.39, 0.29) is 0 Å². The minimum atomic E-state index is 0.469. The van der Waals surface area contributed by atoms with Crippen LogP contribution < -0.4 is 5.73 Å². The summed E-state index contributed by atoms with van der Waals surface area (Å²) in [6.07, 6.45) is 5.57. The van der Waals surface area contributed by atoms with Crippen LogP contribution in [0.4, 0.5) is 0 Å². The quantitative estimate of drug-likeness (QED) is 0.759. The number of hydrogen-bond donors (Lipinski definition) is 1. The van der Waals surface area contributed by atoms with E-state index in [4.69, 9.17) is 5.73 Å². The molecule has 21 heavy (non-hydrogen) atoms. The van der Waals surface area contributed by atoms with Crippen LogP contribution in [-0.4, -0.2) is 15.0 Å². The minimum absolute atomic E-state index is 0.469. The zero-order valence-corrected chi connectivity index (χ0v) is 13.2. The molecule has 0 aliphatic carbocycles. The van der Waals surface area contributed by atoms with Gasteiger partial charge in [0.2, 0.25) is 0 Å². The standard InChI is InChI=1S/C17H26N4/c1-3-4-5-12-21-17(16(13-18)19-20-21)11-10-15-8-6-14(2)7-9-15/h6-9H,3-5,10-13,18H2,1-2H3. The van der Waals surface area contributed by atoms with Gasteiger partial charge in [-0.2, -0.15) is 0 Å². The number of nitrogens with zero attached hydrogens (tertiary/aromatic N) is 3. The number of nitrogens with two attached hydrogens (primary N) is 1. The molecule has 4 heteroatoms. The first kappa shape index (κ1) is 15.7. The average molecular weight is 286 g/mol. The van der Waals surface area contributed by atoms with E-state index < -0.39 is 0 Å². The summed E-state index contributed by atoms with van der Waals surface area (Å²) >= 11 is 0. The van der Waals surface area contributed by atoms with Gasteiger partial charge < -0.3 is 5.73 Å². The topological polar surface area (TPSA) is 56.7 Å². The molecule has 0 radical (unpaired) electrons. The summed E-state index contributed by atoms with van der Waals surface area (Å²) in [6, 6.07) is 8.72. The zero-order valence-electron chi connectivity index (χ0n) is 13.2. The molecule has 0 atom stereocenters. The highest BCUT2D eigenvalue weighted by Gasteiger charge is 2.11. The van der Waals surface area contributed by atoms with E-state index in [1.165, 1.54) is 29.7 Å². The molecule has 0 aliphatic heterocycles. The van der Waals surface area contributed by atoms with E-state index in [0.717, 1.165) is 31.5 Å². The third-order valence-electron chi connectivity index (χ3n) is 3.86. The lowest BCUT2D eigenvalue weighted by Crippen LogP contribution is -2.09. The van der Waals surface area contributed by atoms with Crippen molar-refractivity contribution in [3.8, 4) is 0 Å². The van der Waals surface area contributed by atoms with Crippen molar-refractivity contribution in [2.75, 3.05) is 0 Å². The Kier molecular flexibility index (Phi) is 5.93. The van der Waals surface area contributed by atoms with E-state index in [2.05, 4.69) is 48.4 Å². The number of benzene rings is 1. The lowest BCUT2D eigenvalue weighted by Gasteiger charge is -2.08. The smallest absolute Gasteiger partial charge is 0.0994 e. The lowest BCUT2D eigenvalue weighted by molar-refractivity contribution is 0.519. The Labute approximate surface area is 127 Å². The molecule has 0 saturated carbocycles. The fourth-order valence-electron chi connectivity index (χ4n) is 2.51. The van der Waals surface area contributed by atoms with Crippen LogP contribution in [-0.2, 0) is 25.9 Å². The molecule has 2 rings (SSSR count). The predicted molar refractivity (Wildman–Crippen MR) is 86.0 cm³/mol. The Balaban J connectivity index is 2.02. The highest BCUT2D eigenvalue weighted by atomic mass is 15.4.